The number of nitrogens with zero attached hydrogens (tertiary/aromatic N) is 4. The lowest BCUT2D eigenvalue weighted by molar-refractivity contribution is 0.0426. The predicted molar refractivity (Wildman–Crippen MR) is 99.3 cm³/mol. The molecule has 152 valence electrons. The van der Waals surface area contributed by atoms with Crippen LogP contribution in [0.1, 0.15) is 51.9 Å². The van der Waals surface area contributed by atoms with Gasteiger partial charge in [-0.3, -0.25) is 0 Å². The van der Waals surface area contributed by atoms with Gasteiger partial charge in [0.05, 0.1) is 12.7 Å². The number of hydrogen-bond acceptors (Lipinski definition) is 8. The second kappa shape index (κ2) is 7.45. The largest absolute Gasteiger partial charge is 0.465 e. The minimum absolute atomic E-state index is 0.229. The van der Waals surface area contributed by atoms with Crippen LogP contribution >= 0.6 is 0 Å². The van der Waals surface area contributed by atoms with Gasteiger partial charge in [-0.15, -0.1) is 10.00 Å². The molecule has 0 aromatic carbocycles. The Morgan fingerprint density at radius 2 is 1.50 bits per heavy atom. The predicted octanol–water partition coefficient (Wildman–Crippen LogP) is 3.19. The standard InChI is InChI=1S/C18H24N4O6/c1-17(2,3)27-15(24)22(16(25)28-18(4,5)6)14-19-12-9-8-11(13(23)26-7)10-21(12)20-14/h8-10H,1-7H3. The van der Waals surface area contributed by atoms with Crippen LogP contribution in [0.4, 0.5) is 15.5 Å². The van der Waals surface area contributed by atoms with E-state index in [-0.39, 0.29) is 11.5 Å². The Morgan fingerprint density at radius 1 is 0.964 bits per heavy atom. The van der Waals surface area contributed by atoms with Gasteiger partial charge < -0.3 is 14.2 Å². The quantitative estimate of drug-likeness (QED) is 0.566. The zero-order valence-corrected chi connectivity index (χ0v) is 17.0. The fraction of sp³-hybridized carbons (Fsp3) is 0.500. The van der Waals surface area contributed by atoms with Crippen molar-refractivity contribution < 1.29 is 28.6 Å². The normalized spacial score (nSPS) is 11.8. The number of pyridine rings is 1. The van der Waals surface area contributed by atoms with Crippen LogP contribution in [0.3, 0.4) is 0 Å². The van der Waals surface area contributed by atoms with Gasteiger partial charge >= 0.3 is 18.2 Å². The molecule has 2 heterocycles. The topological polar surface area (TPSA) is 112 Å². The molecule has 0 saturated carbocycles. The molecule has 28 heavy (non-hydrogen) atoms. The third-order valence-electron chi connectivity index (χ3n) is 3.09. The SMILES string of the molecule is COC(=O)c1ccc2nc(N(C(=O)OC(C)(C)C)C(=O)OC(C)(C)C)nn2c1. The number of carbonyl (C=O) groups is 3. The molecule has 0 aliphatic heterocycles. The van der Waals surface area contributed by atoms with Gasteiger partial charge in [-0.2, -0.15) is 4.98 Å². The number of fused-ring (bicyclic) bond motifs is 1. The van der Waals surface area contributed by atoms with Crippen molar-refractivity contribution in [3.05, 3.63) is 23.9 Å². The third-order valence-corrected chi connectivity index (χ3v) is 3.09. The molecule has 0 aliphatic rings. The summed E-state index contributed by atoms with van der Waals surface area (Å²) in [5, 5.41) is 4.11. The molecule has 2 aromatic rings. The highest BCUT2D eigenvalue weighted by atomic mass is 16.6. The van der Waals surface area contributed by atoms with Gasteiger partial charge in [0.2, 0.25) is 0 Å². The zero-order valence-electron chi connectivity index (χ0n) is 17.0. The molecule has 0 spiro atoms. The molecular weight excluding hydrogens is 368 g/mol. The Kier molecular flexibility index (Phi) is 5.62. The van der Waals surface area contributed by atoms with E-state index in [1.54, 1.807) is 41.5 Å². The number of methoxy groups -OCH3 is 1. The second-order valence-corrected chi connectivity index (χ2v) is 7.92. The van der Waals surface area contributed by atoms with E-state index in [4.69, 9.17) is 9.47 Å². The van der Waals surface area contributed by atoms with Crippen LogP contribution in [0.15, 0.2) is 18.3 Å². The van der Waals surface area contributed by atoms with Gasteiger partial charge in [0.15, 0.2) is 5.65 Å². The van der Waals surface area contributed by atoms with E-state index in [9.17, 15) is 14.4 Å². The van der Waals surface area contributed by atoms with Crippen molar-refractivity contribution in [1.29, 1.82) is 0 Å². The van der Waals surface area contributed by atoms with Crippen LogP contribution in [0.2, 0.25) is 0 Å². The smallest absolute Gasteiger partial charge is 0.427 e. The van der Waals surface area contributed by atoms with Crippen LogP contribution < -0.4 is 4.90 Å². The van der Waals surface area contributed by atoms with E-state index in [2.05, 4.69) is 14.8 Å². The number of aromatic nitrogens is 3. The Bertz CT molecular complexity index is 879. The molecule has 0 N–H and O–H groups in total. The van der Waals surface area contributed by atoms with Gasteiger partial charge in [0, 0.05) is 6.20 Å². The molecule has 0 unspecified atom stereocenters. The van der Waals surface area contributed by atoms with E-state index < -0.39 is 29.4 Å². The number of esters is 1. The summed E-state index contributed by atoms with van der Waals surface area (Å²) in [5.74, 6) is -0.805. The van der Waals surface area contributed by atoms with Gasteiger partial charge in [0.1, 0.15) is 11.2 Å². The average molecular weight is 392 g/mol. The first-order chi connectivity index (χ1) is 12.8. The molecule has 2 rings (SSSR count). The summed E-state index contributed by atoms with van der Waals surface area (Å²) in [6, 6.07) is 3.00. The average Bonchev–Trinajstić information content (AvgIpc) is 2.92. The lowest BCUT2D eigenvalue weighted by atomic mass is 10.2. The first-order valence-corrected chi connectivity index (χ1v) is 8.51. The highest BCUT2D eigenvalue weighted by Crippen LogP contribution is 2.20. The summed E-state index contributed by atoms with van der Waals surface area (Å²) in [6.07, 6.45) is -0.586. The Morgan fingerprint density at radius 3 is 1.96 bits per heavy atom. The lowest BCUT2D eigenvalue weighted by Gasteiger charge is -2.26. The third kappa shape index (κ3) is 5.18. The summed E-state index contributed by atoms with van der Waals surface area (Å²) < 4.78 is 16.5. The number of anilines is 1. The molecule has 0 fully saturated rings. The maximum absolute atomic E-state index is 12.6. The molecule has 0 bridgehead atoms. The zero-order chi connectivity index (χ0) is 21.3. The fourth-order valence-electron chi connectivity index (χ4n) is 2.06. The molecule has 0 aliphatic carbocycles. The minimum atomic E-state index is -0.981. The fourth-order valence-corrected chi connectivity index (χ4v) is 2.06. The van der Waals surface area contributed by atoms with Gasteiger partial charge in [0.25, 0.3) is 5.95 Å². The summed E-state index contributed by atoms with van der Waals surface area (Å²) in [6.45, 7) is 9.99. The Labute approximate surface area is 162 Å². The van der Waals surface area contributed by atoms with E-state index in [1.165, 1.54) is 30.0 Å². The van der Waals surface area contributed by atoms with E-state index in [0.29, 0.717) is 10.5 Å². The highest BCUT2D eigenvalue weighted by molar-refractivity contribution is 6.08. The van der Waals surface area contributed by atoms with Crippen LogP contribution in [-0.2, 0) is 14.2 Å². The van der Waals surface area contributed by atoms with E-state index in [1.807, 2.05) is 0 Å². The van der Waals surface area contributed by atoms with Crippen molar-refractivity contribution in [2.45, 2.75) is 52.7 Å². The maximum Gasteiger partial charge on any atom is 0.427 e. The lowest BCUT2D eigenvalue weighted by Crippen LogP contribution is -2.44. The van der Waals surface area contributed by atoms with Crippen LogP contribution in [0.25, 0.3) is 5.65 Å². The van der Waals surface area contributed by atoms with Crippen molar-refractivity contribution in [2.24, 2.45) is 0 Å². The number of carbonyl (C=O) groups excluding carboxylic acids is 3. The first-order valence-electron chi connectivity index (χ1n) is 8.51. The molecule has 10 nitrogen and oxygen atoms in total. The molecule has 2 aromatic heterocycles. The van der Waals surface area contributed by atoms with Crippen molar-refractivity contribution in [2.75, 3.05) is 12.0 Å². The first kappa shape index (κ1) is 21.1. The number of hydrogen-bond donors (Lipinski definition) is 0. The van der Waals surface area contributed by atoms with Crippen LogP contribution in [0, 0.1) is 0 Å². The molecule has 0 atom stereocenters. The Hall–Kier alpha value is -3.17. The highest BCUT2D eigenvalue weighted by Gasteiger charge is 2.35. The number of imide groups is 1. The second-order valence-electron chi connectivity index (χ2n) is 7.92. The molecule has 2 amide bonds. The van der Waals surface area contributed by atoms with Crippen LogP contribution in [0.5, 0.6) is 0 Å². The monoisotopic (exact) mass is 392 g/mol. The molecule has 10 heteroatoms. The molecule has 0 saturated heterocycles. The minimum Gasteiger partial charge on any atom is -0.465 e. The summed E-state index contributed by atoms with van der Waals surface area (Å²) in [4.78, 5) is 41.7. The molecular formula is C18H24N4O6. The van der Waals surface area contributed by atoms with Gasteiger partial charge in [-0.05, 0) is 53.7 Å². The summed E-state index contributed by atoms with van der Waals surface area (Å²) in [7, 11) is 1.26. The molecule has 0 radical (unpaired) electrons. The van der Waals surface area contributed by atoms with Crippen LogP contribution in [-0.4, -0.2) is 51.1 Å². The van der Waals surface area contributed by atoms with Crippen molar-refractivity contribution in [3.63, 3.8) is 0 Å². The maximum atomic E-state index is 12.6. The number of rotatable bonds is 2. The summed E-state index contributed by atoms with van der Waals surface area (Å²) >= 11 is 0. The van der Waals surface area contributed by atoms with Crippen molar-refractivity contribution in [1.82, 2.24) is 14.6 Å². The summed E-state index contributed by atoms with van der Waals surface area (Å²) in [5.41, 5.74) is -1.17. The van der Waals surface area contributed by atoms with E-state index >= 15 is 0 Å². The Balaban J connectivity index is 2.48. The van der Waals surface area contributed by atoms with Gasteiger partial charge in [-0.25, -0.2) is 18.9 Å². The van der Waals surface area contributed by atoms with Gasteiger partial charge in [-0.1, -0.05) is 0 Å². The van der Waals surface area contributed by atoms with Crippen molar-refractivity contribution in [3.8, 4) is 0 Å². The van der Waals surface area contributed by atoms with Crippen molar-refractivity contribution >= 4 is 29.8 Å². The number of ether oxygens (including phenoxy) is 3. The number of amides is 2. The van der Waals surface area contributed by atoms with E-state index in [0.717, 1.165) is 0 Å².